The molecule has 0 unspecified atom stereocenters. The molecule has 2 aromatic rings. The summed E-state index contributed by atoms with van der Waals surface area (Å²) in [4.78, 5) is 0.104. The zero-order valence-corrected chi connectivity index (χ0v) is 11.2. The molecule has 19 heavy (non-hydrogen) atoms. The Balaban J connectivity index is 2.16. The predicted octanol–water partition coefficient (Wildman–Crippen LogP) is 0.289. The van der Waals surface area contributed by atoms with E-state index in [9.17, 15) is 8.42 Å². The first-order valence-corrected chi connectivity index (χ1v) is 7.09. The highest BCUT2D eigenvalue weighted by Crippen LogP contribution is 2.16. The van der Waals surface area contributed by atoms with Gasteiger partial charge in [-0.2, -0.15) is 9.40 Å². The molecule has 0 aliphatic heterocycles. The zero-order chi connectivity index (χ0) is 13.9. The fourth-order valence-corrected chi connectivity index (χ4v) is 2.72. The molecule has 2 aromatic heterocycles. The van der Waals surface area contributed by atoms with E-state index in [-0.39, 0.29) is 24.6 Å². The van der Waals surface area contributed by atoms with Crippen LogP contribution in [-0.4, -0.2) is 41.3 Å². The van der Waals surface area contributed by atoms with Gasteiger partial charge < -0.3 is 9.52 Å². The summed E-state index contributed by atoms with van der Waals surface area (Å²) in [5, 5.41) is 12.7. The molecule has 1 N–H and O–H groups in total. The van der Waals surface area contributed by atoms with Crippen molar-refractivity contribution in [1.29, 1.82) is 0 Å². The van der Waals surface area contributed by atoms with E-state index in [0.29, 0.717) is 0 Å². The summed E-state index contributed by atoms with van der Waals surface area (Å²) in [6.07, 6.45) is 5.67. The molecule has 0 radical (unpaired) electrons. The van der Waals surface area contributed by atoms with Crippen molar-refractivity contribution in [3.8, 4) is 0 Å². The molecule has 0 amide bonds. The van der Waals surface area contributed by atoms with Crippen LogP contribution in [0.1, 0.15) is 5.56 Å². The summed E-state index contributed by atoms with van der Waals surface area (Å²) in [5.41, 5.74) is 0.772. The molecule has 0 aromatic carbocycles. The second-order valence-electron chi connectivity index (χ2n) is 4.06. The number of sulfonamides is 1. The minimum absolute atomic E-state index is 0.0912. The maximum Gasteiger partial charge on any atom is 0.246 e. The van der Waals surface area contributed by atoms with E-state index in [1.807, 2.05) is 0 Å². The van der Waals surface area contributed by atoms with Crippen molar-refractivity contribution in [3.63, 3.8) is 0 Å². The highest BCUT2D eigenvalue weighted by Gasteiger charge is 2.22. The topological polar surface area (TPSA) is 88.6 Å². The standard InChI is InChI=1S/C11H15N3O4S/c1-13(7-10-2-5-18-9-10)19(16,17)11-6-12-14(8-11)3-4-15/h2,5-6,8-9,15H,3-4,7H2,1H3. The van der Waals surface area contributed by atoms with E-state index in [4.69, 9.17) is 9.52 Å². The molecule has 0 fully saturated rings. The molecule has 0 saturated heterocycles. The molecule has 0 spiro atoms. The van der Waals surface area contributed by atoms with Gasteiger partial charge in [0.1, 0.15) is 4.90 Å². The Morgan fingerprint density at radius 2 is 2.32 bits per heavy atom. The van der Waals surface area contributed by atoms with Crippen molar-refractivity contribution in [2.75, 3.05) is 13.7 Å². The predicted molar refractivity (Wildman–Crippen MR) is 66.7 cm³/mol. The van der Waals surface area contributed by atoms with Crippen LogP contribution in [0.2, 0.25) is 0 Å². The average molecular weight is 285 g/mol. The van der Waals surface area contributed by atoms with Crippen LogP contribution in [0.4, 0.5) is 0 Å². The van der Waals surface area contributed by atoms with E-state index in [2.05, 4.69) is 5.10 Å². The van der Waals surface area contributed by atoms with Crippen LogP contribution >= 0.6 is 0 Å². The first-order valence-electron chi connectivity index (χ1n) is 5.65. The van der Waals surface area contributed by atoms with Crippen LogP contribution in [0.5, 0.6) is 0 Å². The molecule has 0 bridgehead atoms. The Morgan fingerprint density at radius 3 is 2.95 bits per heavy atom. The fourth-order valence-electron chi connectivity index (χ4n) is 1.61. The van der Waals surface area contributed by atoms with Gasteiger partial charge in [-0.1, -0.05) is 0 Å². The second-order valence-corrected chi connectivity index (χ2v) is 6.10. The van der Waals surface area contributed by atoms with E-state index in [1.165, 1.54) is 41.0 Å². The van der Waals surface area contributed by atoms with Crippen molar-refractivity contribution < 1.29 is 17.9 Å². The average Bonchev–Trinajstić information content (AvgIpc) is 3.00. The third kappa shape index (κ3) is 3.03. The number of aliphatic hydroxyl groups excluding tert-OH is 1. The monoisotopic (exact) mass is 285 g/mol. The number of aromatic nitrogens is 2. The largest absolute Gasteiger partial charge is 0.472 e. The van der Waals surface area contributed by atoms with Crippen molar-refractivity contribution in [2.24, 2.45) is 0 Å². The number of hydrogen-bond acceptors (Lipinski definition) is 5. The Kier molecular flexibility index (Phi) is 4.03. The highest BCUT2D eigenvalue weighted by molar-refractivity contribution is 7.89. The van der Waals surface area contributed by atoms with Gasteiger partial charge in [-0.15, -0.1) is 0 Å². The van der Waals surface area contributed by atoms with Crippen LogP contribution in [-0.2, 0) is 23.1 Å². The van der Waals surface area contributed by atoms with E-state index in [0.717, 1.165) is 5.56 Å². The normalized spacial score (nSPS) is 12.2. The maximum atomic E-state index is 12.3. The molecule has 2 heterocycles. The highest BCUT2D eigenvalue weighted by atomic mass is 32.2. The summed E-state index contributed by atoms with van der Waals surface area (Å²) < 4.78 is 32.0. The van der Waals surface area contributed by atoms with Crippen LogP contribution in [0, 0.1) is 0 Å². The van der Waals surface area contributed by atoms with Crippen molar-refractivity contribution in [2.45, 2.75) is 18.0 Å². The van der Waals surface area contributed by atoms with Crippen molar-refractivity contribution in [3.05, 3.63) is 36.5 Å². The van der Waals surface area contributed by atoms with Gasteiger partial charge in [-0.25, -0.2) is 8.42 Å². The lowest BCUT2D eigenvalue weighted by atomic mass is 10.3. The molecule has 0 aliphatic carbocycles. The van der Waals surface area contributed by atoms with Crippen LogP contribution in [0.3, 0.4) is 0 Å². The van der Waals surface area contributed by atoms with Crippen molar-refractivity contribution >= 4 is 10.0 Å². The summed E-state index contributed by atoms with van der Waals surface area (Å²) in [6, 6.07) is 1.71. The summed E-state index contributed by atoms with van der Waals surface area (Å²) >= 11 is 0. The fraction of sp³-hybridized carbons (Fsp3) is 0.364. The smallest absolute Gasteiger partial charge is 0.246 e. The van der Waals surface area contributed by atoms with Gasteiger partial charge in [0.2, 0.25) is 10.0 Å². The maximum absolute atomic E-state index is 12.3. The lowest BCUT2D eigenvalue weighted by molar-refractivity contribution is 0.269. The van der Waals surface area contributed by atoms with E-state index < -0.39 is 10.0 Å². The summed E-state index contributed by atoms with van der Waals surface area (Å²) in [5.74, 6) is 0. The van der Waals surface area contributed by atoms with Crippen LogP contribution < -0.4 is 0 Å². The molecule has 104 valence electrons. The molecule has 7 nitrogen and oxygen atoms in total. The summed E-state index contributed by atoms with van der Waals surface area (Å²) in [7, 11) is -2.09. The molecular formula is C11H15N3O4S. The van der Waals surface area contributed by atoms with Gasteiger partial charge in [0.05, 0.1) is 31.9 Å². The van der Waals surface area contributed by atoms with Gasteiger partial charge in [0.15, 0.2) is 0 Å². The molecule has 8 heteroatoms. The lowest BCUT2D eigenvalue weighted by Crippen LogP contribution is -2.26. The van der Waals surface area contributed by atoms with Gasteiger partial charge >= 0.3 is 0 Å². The first-order chi connectivity index (χ1) is 9.04. The van der Waals surface area contributed by atoms with Gasteiger partial charge in [0.25, 0.3) is 0 Å². The van der Waals surface area contributed by atoms with Crippen LogP contribution in [0.25, 0.3) is 0 Å². The van der Waals surface area contributed by atoms with E-state index >= 15 is 0 Å². The number of furan rings is 1. The number of hydrogen-bond donors (Lipinski definition) is 1. The Hall–Kier alpha value is -1.64. The molecule has 2 rings (SSSR count). The first kappa shape index (κ1) is 13.8. The number of nitrogens with zero attached hydrogens (tertiary/aromatic N) is 3. The third-order valence-corrected chi connectivity index (χ3v) is 4.39. The number of aliphatic hydroxyl groups is 1. The number of rotatable bonds is 6. The van der Waals surface area contributed by atoms with Crippen LogP contribution in [0.15, 0.2) is 40.3 Å². The molecule has 0 aliphatic rings. The zero-order valence-electron chi connectivity index (χ0n) is 10.4. The quantitative estimate of drug-likeness (QED) is 0.824. The minimum Gasteiger partial charge on any atom is -0.472 e. The summed E-state index contributed by atoms with van der Waals surface area (Å²) in [6.45, 7) is 0.400. The second kappa shape index (κ2) is 5.55. The Labute approximate surface area is 111 Å². The Bertz CT molecular complexity index is 618. The van der Waals surface area contributed by atoms with Gasteiger partial charge in [0, 0.05) is 25.4 Å². The van der Waals surface area contributed by atoms with E-state index in [1.54, 1.807) is 6.07 Å². The van der Waals surface area contributed by atoms with Crippen molar-refractivity contribution in [1.82, 2.24) is 14.1 Å². The molecule has 0 saturated carbocycles. The lowest BCUT2D eigenvalue weighted by Gasteiger charge is -2.14. The molecular weight excluding hydrogens is 270 g/mol. The SMILES string of the molecule is CN(Cc1ccoc1)S(=O)(=O)c1cnn(CCO)c1. The van der Waals surface area contributed by atoms with Gasteiger partial charge in [-0.05, 0) is 6.07 Å². The third-order valence-electron chi connectivity index (χ3n) is 2.63. The minimum atomic E-state index is -3.59. The Morgan fingerprint density at radius 1 is 1.53 bits per heavy atom. The van der Waals surface area contributed by atoms with Gasteiger partial charge in [-0.3, -0.25) is 4.68 Å². The molecule has 0 atom stereocenters.